The van der Waals surface area contributed by atoms with Gasteiger partial charge in [-0.15, -0.1) is 0 Å². The van der Waals surface area contributed by atoms with Gasteiger partial charge in [0.05, 0.1) is 17.2 Å². The Morgan fingerprint density at radius 2 is 2.31 bits per heavy atom. The summed E-state index contributed by atoms with van der Waals surface area (Å²) in [4.78, 5) is 12.2. The van der Waals surface area contributed by atoms with Crippen molar-refractivity contribution >= 4 is 11.0 Å². The number of aromatic amines is 1. The van der Waals surface area contributed by atoms with Crippen LogP contribution in [0.1, 0.15) is 31.0 Å². The molecule has 82 valence electrons. The molecule has 2 aromatic rings. The third-order valence-electron chi connectivity index (χ3n) is 3.95. The maximum Gasteiger partial charge on any atom is 0.112 e. The van der Waals surface area contributed by atoms with Crippen molar-refractivity contribution in [3.63, 3.8) is 0 Å². The second kappa shape index (κ2) is 3.04. The van der Waals surface area contributed by atoms with Crippen LogP contribution >= 0.6 is 0 Å². The van der Waals surface area contributed by atoms with Crippen LogP contribution in [0.3, 0.4) is 0 Å². The molecule has 16 heavy (non-hydrogen) atoms. The van der Waals surface area contributed by atoms with Crippen LogP contribution in [0.15, 0.2) is 18.5 Å². The summed E-state index contributed by atoms with van der Waals surface area (Å²) in [5, 5.41) is 3.65. The highest BCUT2D eigenvalue weighted by atomic mass is 15.1. The van der Waals surface area contributed by atoms with E-state index in [1.54, 1.807) is 6.20 Å². The number of imidazole rings is 1. The van der Waals surface area contributed by atoms with E-state index in [4.69, 9.17) is 0 Å². The van der Waals surface area contributed by atoms with Crippen LogP contribution in [0.25, 0.3) is 11.0 Å². The van der Waals surface area contributed by atoms with Gasteiger partial charge in [-0.05, 0) is 25.3 Å². The molecule has 0 aliphatic carbocycles. The number of H-pyrrole nitrogens is 1. The van der Waals surface area contributed by atoms with E-state index in [0.29, 0.717) is 12.0 Å². The van der Waals surface area contributed by atoms with Crippen LogP contribution in [0.5, 0.6) is 0 Å². The molecule has 3 atom stereocenters. The SMILES string of the molecule is c1cc2nc(C3CC4CCC3N4)[nH]c2cn1. The fourth-order valence-corrected chi connectivity index (χ4v) is 3.18. The molecule has 4 heterocycles. The molecule has 4 nitrogen and oxygen atoms in total. The normalized spacial score (nSPS) is 32.6. The van der Waals surface area contributed by atoms with E-state index >= 15 is 0 Å². The highest BCUT2D eigenvalue weighted by molar-refractivity contribution is 5.73. The van der Waals surface area contributed by atoms with Gasteiger partial charge in [-0.3, -0.25) is 4.98 Å². The zero-order valence-electron chi connectivity index (χ0n) is 8.98. The van der Waals surface area contributed by atoms with Gasteiger partial charge in [0, 0.05) is 24.2 Å². The Morgan fingerprint density at radius 3 is 3.06 bits per heavy atom. The maximum atomic E-state index is 4.68. The first-order chi connectivity index (χ1) is 7.90. The third kappa shape index (κ3) is 1.13. The number of fused-ring (bicyclic) bond motifs is 3. The summed E-state index contributed by atoms with van der Waals surface area (Å²) < 4.78 is 0. The van der Waals surface area contributed by atoms with Crippen molar-refractivity contribution in [2.75, 3.05) is 0 Å². The van der Waals surface area contributed by atoms with E-state index in [1.165, 1.54) is 19.3 Å². The van der Waals surface area contributed by atoms with Gasteiger partial charge in [0.2, 0.25) is 0 Å². The van der Waals surface area contributed by atoms with Gasteiger partial charge >= 0.3 is 0 Å². The minimum atomic E-state index is 0.575. The summed E-state index contributed by atoms with van der Waals surface area (Å²) in [6.07, 6.45) is 7.52. The Morgan fingerprint density at radius 1 is 1.31 bits per heavy atom. The van der Waals surface area contributed by atoms with Crippen LogP contribution in [-0.2, 0) is 0 Å². The van der Waals surface area contributed by atoms with Gasteiger partial charge in [-0.2, -0.15) is 0 Å². The van der Waals surface area contributed by atoms with Crippen LogP contribution in [0.4, 0.5) is 0 Å². The van der Waals surface area contributed by atoms with E-state index < -0.39 is 0 Å². The molecule has 0 spiro atoms. The monoisotopic (exact) mass is 214 g/mol. The van der Waals surface area contributed by atoms with E-state index in [2.05, 4.69) is 20.3 Å². The first-order valence-corrected chi connectivity index (χ1v) is 5.96. The van der Waals surface area contributed by atoms with E-state index in [1.807, 2.05) is 12.3 Å². The molecule has 3 unspecified atom stereocenters. The quantitative estimate of drug-likeness (QED) is 0.757. The maximum absolute atomic E-state index is 4.68. The number of aromatic nitrogens is 3. The van der Waals surface area contributed by atoms with Crippen molar-refractivity contribution in [1.82, 2.24) is 20.3 Å². The summed E-state index contributed by atoms with van der Waals surface area (Å²) >= 11 is 0. The van der Waals surface area contributed by atoms with Crippen LogP contribution in [0.2, 0.25) is 0 Å². The average Bonchev–Trinajstić information content (AvgIpc) is 3.02. The molecule has 2 fully saturated rings. The fourth-order valence-electron chi connectivity index (χ4n) is 3.18. The lowest BCUT2D eigenvalue weighted by Gasteiger charge is -2.17. The number of rotatable bonds is 1. The lowest BCUT2D eigenvalue weighted by atomic mass is 9.89. The van der Waals surface area contributed by atoms with Crippen molar-refractivity contribution in [2.24, 2.45) is 0 Å². The summed E-state index contributed by atoms with van der Waals surface area (Å²) in [6, 6.07) is 3.33. The summed E-state index contributed by atoms with van der Waals surface area (Å²) in [5.74, 6) is 1.72. The van der Waals surface area contributed by atoms with Crippen molar-refractivity contribution in [3.8, 4) is 0 Å². The molecule has 4 heteroatoms. The predicted octanol–water partition coefficient (Wildman–Crippen LogP) is 1.57. The molecule has 2 saturated heterocycles. The van der Waals surface area contributed by atoms with Crippen molar-refractivity contribution < 1.29 is 0 Å². The van der Waals surface area contributed by atoms with Gasteiger partial charge < -0.3 is 10.3 Å². The number of hydrogen-bond acceptors (Lipinski definition) is 3. The standard InChI is InChI=1S/C12H14N4/c1-2-9-8(5-7(1)14-9)12-15-10-3-4-13-6-11(10)16-12/h3-4,6-9,14H,1-2,5H2,(H,15,16). The predicted molar refractivity (Wildman–Crippen MR) is 61.2 cm³/mol. The smallest absolute Gasteiger partial charge is 0.112 e. The van der Waals surface area contributed by atoms with Gasteiger partial charge in [0.1, 0.15) is 5.82 Å². The molecule has 2 aliphatic rings. The highest BCUT2D eigenvalue weighted by Gasteiger charge is 2.41. The van der Waals surface area contributed by atoms with E-state index in [9.17, 15) is 0 Å². The van der Waals surface area contributed by atoms with Gasteiger partial charge in [0.25, 0.3) is 0 Å². The van der Waals surface area contributed by atoms with Crippen LogP contribution in [0, 0.1) is 0 Å². The summed E-state index contributed by atoms with van der Waals surface area (Å²) in [7, 11) is 0. The van der Waals surface area contributed by atoms with Gasteiger partial charge in [-0.1, -0.05) is 0 Å². The molecular weight excluding hydrogens is 200 g/mol. The highest BCUT2D eigenvalue weighted by Crippen LogP contribution is 2.39. The zero-order valence-corrected chi connectivity index (χ0v) is 8.98. The van der Waals surface area contributed by atoms with E-state index in [-0.39, 0.29) is 0 Å². The Hall–Kier alpha value is -1.42. The number of nitrogens with one attached hydrogen (secondary N) is 2. The first kappa shape index (κ1) is 8.70. The lowest BCUT2D eigenvalue weighted by molar-refractivity contribution is 0.491. The Kier molecular flexibility index (Phi) is 1.65. The molecule has 2 aliphatic heterocycles. The minimum absolute atomic E-state index is 0.575. The number of nitrogens with zero attached hydrogens (tertiary/aromatic N) is 2. The molecule has 2 aromatic heterocycles. The number of hydrogen-bond donors (Lipinski definition) is 2. The molecule has 2 bridgehead atoms. The molecule has 0 aromatic carbocycles. The molecule has 0 saturated carbocycles. The molecule has 2 N–H and O–H groups in total. The Labute approximate surface area is 93.5 Å². The van der Waals surface area contributed by atoms with Gasteiger partial charge in [0.15, 0.2) is 0 Å². The summed E-state index contributed by atoms with van der Waals surface area (Å²) in [5.41, 5.74) is 2.09. The Bertz CT molecular complexity index is 500. The fraction of sp³-hybridized carbons (Fsp3) is 0.500. The first-order valence-electron chi connectivity index (χ1n) is 5.96. The van der Waals surface area contributed by atoms with Crippen molar-refractivity contribution in [2.45, 2.75) is 37.3 Å². The topological polar surface area (TPSA) is 53.6 Å². The van der Waals surface area contributed by atoms with E-state index in [0.717, 1.165) is 22.9 Å². The molecule has 0 amide bonds. The lowest BCUT2D eigenvalue weighted by Crippen LogP contribution is -2.22. The Balaban J connectivity index is 1.76. The zero-order chi connectivity index (χ0) is 10.5. The van der Waals surface area contributed by atoms with Gasteiger partial charge in [-0.25, -0.2) is 4.98 Å². The average molecular weight is 214 g/mol. The minimum Gasteiger partial charge on any atom is -0.340 e. The molecular formula is C12H14N4. The second-order valence-corrected chi connectivity index (χ2v) is 4.90. The van der Waals surface area contributed by atoms with Crippen LogP contribution in [-0.4, -0.2) is 27.0 Å². The largest absolute Gasteiger partial charge is 0.340 e. The third-order valence-corrected chi connectivity index (χ3v) is 3.95. The summed E-state index contributed by atoms with van der Waals surface area (Å²) in [6.45, 7) is 0. The second-order valence-electron chi connectivity index (χ2n) is 4.90. The molecule has 4 rings (SSSR count). The number of pyridine rings is 1. The van der Waals surface area contributed by atoms with Crippen molar-refractivity contribution in [1.29, 1.82) is 0 Å². The van der Waals surface area contributed by atoms with Crippen molar-refractivity contribution in [3.05, 3.63) is 24.3 Å². The van der Waals surface area contributed by atoms with Crippen LogP contribution < -0.4 is 5.32 Å². The molecule has 0 radical (unpaired) electrons.